The highest BCUT2D eigenvalue weighted by molar-refractivity contribution is 5.91. The zero-order chi connectivity index (χ0) is 15.2. The summed E-state index contributed by atoms with van der Waals surface area (Å²) in [5, 5.41) is 5.80. The zero-order valence-electron chi connectivity index (χ0n) is 12.4. The van der Waals surface area contributed by atoms with Gasteiger partial charge in [0.05, 0.1) is 24.6 Å². The van der Waals surface area contributed by atoms with Crippen molar-refractivity contribution in [2.24, 2.45) is 0 Å². The zero-order valence-corrected chi connectivity index (χ0v) is 12.4. The maximum Gasteiger partial charge on any atom is 0.271 e. The Bertz CT molecular complexity index is 587. The minimum Gasteiger partial charge on any atom is -0.444 e. The van der Waals surface area contributed by atoms with Crippen molar-refractivity contribution in [3.8, 4) is 0 Å². The first-order valence-corrected chi connectivity index (χ1v) is 6.87. The Morgan fingerprint density at radius 2 is 2.10 bits per heavy atom. The molecule has 7 nitrogen and oxygen atoms in total. The molecule has 0 atom stereocenters. The van der Waals surface area contributed by atoms with Gasteiger partial charge in [-0.25, -0.2) is 15.0 Å². The van der Waals surface area contributed by atoms with Crippen LogP contribution in [0, 0.1) is 13.8 Å². The first kappa shape index (κ1) is 15.0. The molecule has 2 aromatic heterocycles. The number of oxazole rings is 1. The molecule has 2 N–H and O–H groups in total. The molecule has 0 aliphatic heterocycles. The standard InChI is InChI=1S/C14H19N5O2/c1-4-5-15-12-7-16-11(6-17-12)14(20)18-8-13-19-9(2)10(3)21-13/h6-7H,4-5,8H2,1-3H3,(H,15,17)(H,18,20). The summed E-state index contributed by atoms with van der Waals surface area (Å²) in [6.45, 7) is 6.81. The van der Waals surface area contributed by atoms with E-state index in [1.807, 2.05) is 13.8 Å². The largest absolute Gasteiger partial charge is 0.444 e. The van der Waals surface area contributed by atoms with Crippen LogP contribution < -0.4 is 10.6 Å². The fourth-order valence-electron chi connectivity index (χ4n) is 1.65. The third-order valence-corrected chi connectivity index (χ3v) is 2.91. The van der Waals surface area contributed by atoms with Crippen LogP contribution in [0.25, 0.3) is 0 Å². The predicted octanol–water partition coefficient (Wildman–Crippen LogP) is 1.83. The molecule has 2 heterocycles. The monoisotopic (exact) mass is 289 g/mol. The summed E-state index contributed by atoms with van der Waals surface area (Å²) in [5.41, 5.74) is 1.09. The molecule has 0 saturated heterocycles. The van der Waals surface area contributed by atoms with E-state index in [4.69, 9.17) is 4.42 Å². The van der Waals surface area contributed by atoms with E-state index in [0.29, 0.717) is 11.7 Å². The van der Waals surface area contributed by atoms with E-state index >= 15 is 0 Å². The normalized spacial score (nSPS) is 10.4. The van der Waals surface area contributed by atoms with Gasteiger partial charge in [0.25, 0.3) is 5.91 Å². The van der Waals surface area contributed by atoms with Gasteiger partial charge in [0.15, 0.2) is 0 Å². The molecule has 0 unspecified atom stereocenters. The van der Waals surface area contributed by atoms with E-state index in [2.05, 4.69) is 32.5 Å². The van der Waals surface area contributed by atoms with Crippen molar-refractivity contribution >= 4 is 11.7 Å². The van der Waals surface area contributed by atoms with Gasteiger partial charge in [0, 0.05) is 6.54 Å². The number of hydrogen-bond acceptors (Lipinski definition) is 6. The second-order valence-corrected chi connectivity index (χ2v) is 4.65. The smallest absolute Gasteiger partial charge is 0.271 e. The summed E-state index contributed by atoms with van der Waals surface area (Å²) >= 11 is 0. The average molecular weight is 289 g/mol. The van der Waals surface area contributed by atoms with Gasteiger partial charge in [-0.05, 0) is 20.3 Å². The van der Waals surface area contributed by atoms with Gasteiger partial charge >= 0.3 is 0 Å². The van der Waals surface area contributed by atoms with Crippen molar-refractivity contribution in [2.75, 3.05) is 11.9 Å². The van der Waals surface area contributed by atoms with Gasteiger partial charge in [-0.3, -0.25) is 4.79 Å². The number of nitrogens with one attached hydrogen (secondary N) is 2. The lowest BCUT2D eigenvalue weighted by atomic mass is 10.4. The summed E-state index contributed by atoms with van der Waals surface area (Å²) in [5.74, 6) is 1.59. The van der Waals surface area contributed by atoms with Crippen LogP contribution in [-0.2, 0) is 6.54 Å². The molecule has 0 aliphatic rings. The van der Waals surface area contributed by atoms with Crippen LogP contribution >= 0.6 is 0 Å². The molecule has 0 aliphatic carbocycles. The van der Waals surface area contributed by atoms with Crippen molar-refractivity contribution in [2.45, 2.75) is 33.7 Å². The van der Waals surface area contributed by atoms with Gasteiger partial charge in [-0.1, -0.05) is 6.92 Å². The Labute approximate surface area is 123 Å². The van der Waals surface area contributed by atoms with Crippen LogP contribution in [0.1, 0.15) is 41.2 Å². The number of anilines is 1. The Balaban J connectivity index is 1.90. The summed E-state index contributed by atoms with van der Waals surface area (Å²) in [7, 11) is 0. The minimum absolute atomic E-state index is 0.227. The van der Waals surface area contributed by atoms with Crippen molar-refractivity contribution in [3.05, 3.63) is 35.4 Å². The second kappa shape index (κ2) is 6.83. The van der Waals surface area contributed by atoms with Gasteiger partial charge < -0.3 is 15.1 Å². The number of aryl methyl sites for hydroxylation is 2. The fraction of sp³-hybridized carbons (Fsp3) is 0.429. The third kappa shape index (κ3) is 4.01. The lowest BCUT2D eigenvalue weighted by Gasteiger charge is -2.04. The Morgan fingerprint density at radius 3 is 2.67 bits per heavy atom. The predicted molar refractivity (Wildman–Crippen MR) is 78.0 cm³/mol. The van der Waals surface area contributed by atoms with Gasteiger partial charge in [-0.2, -0.15) is 0 Å². The molecule has 0 bridgehead atoms. The Hall–Kier alpha value is -2.44. The first-order valence-electron chi connectivity index (χ1n) is 6.87. The molecule has 0 saturated carbocycles. The van der Waals surface area contributed by atoms with Gasteiger partial charge in [-0.15, -0.1) is 0 Å². The molecule has 0 spiro atoms. The number of rotatable bonds is 6. The number of carbonyl (C=O) groups is 1. The van der Waals surface area contributed by atoms with Crippen LogP contribution in [0.2, 0.25) is 0 Å². The van der Waals surface area contributed by atoms with Crippen molar-refractivity contribution in [1.82, 2.24) is 20.3 Å². The summed E-state index contributed by atoms with van der Waals surface area (Å²) in [4.78, 5) is 24.3. The van der Waals surface area contributed by atoms with Gasteiger partial charge in [0.2, 0.25) is 5.89 Å². The summed E-state index contributed by atoms with van der Waals surface area (Å²) < 4.78 is 5.39. The minimum atomic E-state index is -0.307. The second-order valence-electron chi connectivity index (χ2n) is 4.65. The molecule has 2 aromatic rings. The average Bonchev–Trinajstić information content (AvgIpc) is 2.82. The van der Waals surface area contributed by atoms with Crippen molar-refractivity contribution < 1.29 is 9.21 Å². The lowest BCUT2D eigenvalue weighted by Crippen LogP contribution is -2.24. The Kier molecular flexibility index (Phi) is 4.86. The molecule has 2 rings (SSSR count). The van der Waals surface area contributed by atoms with Crippen LogP contribution in [0.4, 0.5) is 5.82 Å². The van der Waals surface area contributed by atoms with E-state index < -0.39 is 0 Å². The summed E-state index contributed by atoms with van der Waals surface area (Å²) in [6.07, 6.45) is 3.99. The van der Waals surface area contributed by atoms with Crippen LogP contribution in [-0.4, -0.2) is 27.4 Å². The summed E-state index contributed by atoms with van der Waals surface area (Å²) in [6, 6.07) is 0. The highest BCUT2D eigenvalue weighted by atomic mass is 16.4. The number of carbonyl (C=O) groups excluding carboxylic acids is 1. The van der Waals surface area contributed by atoms with Gasteiger partial charge in [0.1, 0.15) is 17.3 Å². The van der Waals surface area contributed by atoms with E-state index in [-0.39, 0.29) is 18.1 Å². The molecule has 112 valence electrons. The van der Waals surface area contributed by atoms with E-state index in [9.17, 15) is 4.79 Å². The van der Waals surface area contributed by atoms with Crippen LogP contribution in [0.3, 0.4) is 0 Å². The fourth-order valence-corrected chi connectivity index (χ4v) is 1.65. The van der Waals surface area contributed by atoms with E-state index in [1.54, 1.807) is 6.20 Å². The van der Waals surface area contributed by atoms with Crippen molar-refractivity contribution in [1.29, 1.82) is 0 Å². The quantitative estimate of drug-likeness (QED) is 0.842. The first-order chi connectivity index (χ1) is 10.1. The topological polar surface area (TPSA) is 92.9 Å². The van der Waals surface area contributed by atoms with E-state index in [1.165, 1.54) is 6.20 Å². The molecule has 0 aromatic carbocycles. The van der Waals surface area contributed by atoms with E-state index in [0.717, 1.165) is 24.4 Å². The highest BCUT2D eigenvalue weighted by Crippen LogP contribution is 2.08. The third-order valence-electron chi connectivity index (χ3n) is 2.91. The highest BCUT2D eigenvalue weighted by Gasteiger charge is 2.10. The maximum absolute atomic E-state index is 11.9. The molecule has 21 heavy (non-hydrogen) atoms. The molecule has 7 heteroatoms. The molecular weight excluding hydrogens is 270 g/mol. The molecule has 0 fully saturated rings. The number of hydrogen-bond donors (Lipinski definition) is 2. The molecule has 1 amide bonds. The van der Waals surface area contributed by atoms with Crippen molar-refractivity contribution in [3.63, 3.8) is 0 Å². The number of nitrogens with zero attached hydrogens (tertiary/aromatic N) is 3. The Morgan fingerprint density at radius 1 is 1.29 bits per heavy atom. The lowest BCUT2D eigenvalue weighted by molar-refractivity contribution is 0.0941. The van der Waals surface area contributed by atoms with Crippen LogP contribution in [0.15, 0.2) is 16.8 Å². The number of aromatic nitrogens is 3. The SMILES string of the molecule is CCCNc1cnc(C(=O)NCc2nc(C)c(C)o2)cn1. The molecular formula is C14H19N5O2. The maximum atomic E-state index is 11.9. The molecule has 0 radical (unpaired) electrons. The van der Waals surface area contributed by atoms with Crippen LogP contribution in [0.5, 0.6) is 0 Å². The number of amides is 1.